The highest BCUT2D eigenvalue weighted by Gasteiger charge is 2.42. The molecule has 1 saturated heterocycles. The maximum Gasteiger partial charge on any atom is 0.0674 e. The molecule has 1 aliphatic carbocycles. The molecule has 17 heavy (non-hydrogen) atoms. The second-order valence-electron chi connectivity index (χ2n) is 7.05. The lowest BCUT2D eigenvalue weighted by atomic mass is 9.64. The molecule has 0 aromatic heterocycles. The molecule has 1 N–H and O–H groups in total. The van der Waals surface area contributed by atoms with Crippen LogP contribution in [0.2, 0.25) is 0 Å². The topological polar surface area (TPSA) is 29.5 Å². The minimum Gasteiger partial charge on any atom is -0.390 e. The minimum atomic E-state index is -0.429. The van der Waals surface area contributed by atoms with E-state index in [1.54, 1.807) is 0 Å². The first kappa shape index (κ1) is 13.4. The van der Waals surface area contributed by atoms with Gasteiger partial charge in [0.25, 0.3) is 0 Å². The van der Waals surface area contributed by atoms with Gasteiger partial charge < -0.3 is 9.84 Å². The van der Waals surface area contributed by atoms with Crippen LogP contribution in [-0.4, -0.2) is 23.4 Å². The molecule has 1 heterocycles. The Balaban J connectivity index is 1.85. The summed E-state index contributed by atoms with van der Waals surface area (Å²) in [4.78, 5) is 0. The van der Waals surface area contributed by atoms with E-state index in [0.717, 1.165) is 38.7 Å². The Hall–Kier alpha value is -0.0800. The predicted octanol–water partition coefficient (Wildman–Crippen LogP) is 3.52. The average Bonchev–Trinajstić information content (AvgIpc) is 2.74. The van der Waals surface area contributed by atoms with Gasteiger partial charge >= 0.3 is 0 Å². The highest BCUT2D eigenvalue weighted by Crippen LogP contribution is 2.46. The van der Waals surface area contributed by atoms with Crippen LogP contribution in [0.15, 0.2) is 0 Å². The molecule has 0 aromatic carbocycles. The summed E-state index contributed by atoms with van der Waals surface area (Å²) in [5, 5.41) is 10.8. The van der Waals surface area contributed by atoms with Crippen molar-refractivity contribution in [1.82, 2.24) is 0 Å². The van der Waals surface area contributed by atoms with Crippen molar-refractivity contribution in [2.24, 2.45) is 11.3 Å². The largest absolute Gasteiger partial charge is 0.390 e. The Bertz CT molecular complexity index is 256. The molecule has 0 aromatic rings. The van der Waals surface area contributed by atoms with Gasteiger partial charge in [0.1, 0.15) is 0 Å². The Morgan fingerprint density at radius 3 is 2.65 bits per heavy atom. The van der Waals surface area contributed by atoms with Gasteiger partial charge in [-0.05, 0) is 56.3 Å². The van der Waals surface area contributed by atoms with E-state index in [2.05, 4.69) is 20.8 Å². The summed E-state index contributed by atoms with van der Waals surface area (Å²) >= 11 is 0. The molecular formula is C15H28O2. The van der Waals surface area contributed by atoms with Gasteiger partial charge in [0.2, 0.25) is 0 Å². The van der Waals surface area contributed by atoms with Crippen molar-refractivity contribution in [3.05, 3.63) is 0 Å². The summed E-state index contributed by atoms with van der Waals surface area (Å²) in [6.07, 6.45) is 8.04. The molecule has 1 saturated carbocycles. The van der Waals surface area contributed by atoms with E-state index in [1.165, 1.54) is 12.8 Å². The van der Waals surface area contributed by atoms with E-state index in [1.807, 2.05) is 0 Å². The Labute approximate surface area is 106 Å². The normalized spacial score (nSPS) is 41.6. The van der Waals surface area contributed by atoms with Crippen LogP contribution < -0.4 is 0 Å². The second-order valence-corrected chi connectivity index (χ2v) is 7.05. The van der Waals surface area contributed by atoms with Gasteiger partial charge in [-0.3, -0.25) is 0 Å². The van der Waals surface area contributed by atoms with Crippen LogP contribution >= 0.6 is 0 Å². The number of hydrogen-bond acceptors (Lipinski definition) is 2. The van der Waals surface area contributed by atoms with E-state index in [0.29, 0.717) is 17.4 Å². The van der Waals surface area contributed by atoms with Gasteiger partial charge in [-0.15, -0.1) is 0 Å². The number of aliphatic hydroxyl groups is 1. The van der Waals surface area contributed by atoms with Gasteiger partial charge in [0.15, 0.2) is 0 Å². The van der Waals surface area contributed by atoms with Crippen LogP contribution in [0.1, 0.15) is 65.7 Å². The SMILES string of the molecule is CC1CC(C)(C)CCC1(O)CCC1CCCO1. The molecular weight excluding hydrogens is 212 g/mol. The van der Waals surface area contributed by atoms with Crippen molar-refractivity contribution in [1.29, 1.82) is 0 Å². The summed E-state index contributed by atoms with van der Waals surface area (Å²) in [5.41, 5.74) is -0.0169. The van der Waals surface area contributed by atoms with Crippen LogP contribution in [0.25, 0.3) is 0 Å². The third kappa shape index (κ3) is 3.23. The summed E-state index contributed by atoms with van der Waals surface area (Å²) in [6, 6.07) is 0. The van der Waals surface area contributed by atoms with Gasteiger partial charge in [-0.2, -0.15) is 0 Å². The maximum atomic E-state index is 10.8. The number of hydrogen-bond donors (Lipinski definition) is 1. The van der Waals surface area contributed by atoms with Gasteiger partial charge in [-0.25, -0.2) is 0 Å². The zero-order chi connectivity index (χ0) is 12.5. The lowest BCUT2D eigenvalue weighted by molar-refractivity contribution is -0.0836. The second kappa shape index (κ2) is 4.89. The highest BCUT2D eigenvalue weighted by atomic mass is 16.5. The maximum absolute atomic E-state index is 10.8. The lowest BCUT2D eigenvalue weighted by Gasteiger charge is -2.45. The number of ether oxygens (including phenoxy) is 1. The van der Waals surface area contributed by atoms with Crippen molar-refractivity contribution in [3.8, 4) is 0 Å². The standard InChI is InChI=1S/C15H28O2/c1-12-11-14(2,3)8-9-15(12,16)7-6-13-5-4-10-17-13/h12-13,16H,4-11H2,1-3H3. The fourth-order valence-corrected chi connectivity index (χ4v) is 3.58. The predicted molar refractivity (Wildman–Crippen MR) is 70.0 cm³/mol. The molecule has 0 amide bonds. The Kier molecular flexibility index (Phi) is 3.84. The van der Waals surface area contributed by atoms with Crippen molar-refractivity contribution >= 4 is 0 Å². The van der Waals surface area contributed by atoms with E-state index in [4.69, 9.17) is 4.74 Å². The zero-order valence-corrected chi connectivity index (χ0v) is 11.7. The summed E-state index contributed by atoms with van der Waals surface area (Å²) in [5.74, 6) is 0.424. The van der Waals surface area contributed by atoms with Crippen LogP contribution in [0.3, 0.4) is 0 Å². The Morgan fingerprint density at radius 1 is 1.29 bits per heavy atom. The van der Waals surface area contributed by atoms with E-state index < -0.39 is 5.60 Å². The molecule has 2 nitrogen and oxygen atoms in total. The molecule has 0 radical (unpaired) electrons. The summed E-state index contributed by atoms with van der Waals surface area (Å²) in [6.45, 7) is 7.79. The van der Waals surface area contributed by atoms with Crippen LogP contribution in [0, 0.1) is 11.3 Å². The molecule has 2 fully saturated rings. The van der Waals surface area contributed by atoms with Crippen LogP contribution in [0.4, 0.5) is 0 Å². The molecule has 2 aliphatic rings. The minimum absolute atomic E-state index is 0.412. The molecule has 0 bridgehead atoms. The van der Waals surface area contributed by atoms with Crippen LogP contribution in [0.5, 0.6) is 0 Å². The average molecular weight is 240 g/mol. The zero-order valence-electron chi connectivity index (χ0n) is 11.7. The molecule has 1 aliphatic heterocycles. The fraction of sp³-hybridized carbons (Fsp3) is 1.00. The monoisotopic (exact) mass is 240 g/mol. The van der Waals surface area contributed by atoms with Crippen molar-refractivity contribution < 1.29 is 9.84 Å². The summed E-state index contributed by atoms with van der Waals surface area (Å²) in [7, 11) is 0. The van der Waals surface area contributed by atoms with E-state index >= 15 is 0 Å². The van der Waals surface area contributed by atoms with E-state index in [9.17, 15) is 5.11 Å². The van der Waals surface area contributed by atoms with Gasteiger partial charge in [-0.1, -0.05) is 20.8 Å². The van der Waals surface area contributed by atoms with E-state index in [-0.39, 0.29) is 0 Å². The molecule has 100 valence electrons. The molecule has 3 unspecified atom stereocenters. The first-order valence-corrected chi connectivity index (χ1v) is 7.25. The molecule has 0 spiro atoms. The molecule has 2 heteroatoms. The third-order valence-corrected chi connectivity index (χ3v) is 4.93. The smallest absolute Gasteiger partial charge is 0.0674 e. The molecule has 2 rings (SSSR count). The molecule has 3 atom stereocenters. The highest BCUT2D eigenvalue weighted by molar-refractivity contribution is 4.94. The first-order chi connectivity index (χ1) is 7.91. The van der Waals surface area contributed by atoms with Gasteiger partial charge in [0.05, 0.1) is 11.7 Å². The quantitative estimate of drug-likeness (QED) is 0.818. The van der Waals surface area contributed by atoms with Crippen LogP contribution in [-0.2, 0) is 4.74 Å². The lowest BCUT2D eigenvalue weighted by Crippen LogP contribution is -2.44. The van der Waals surface area contributed by atoms with Gasteiger partial charge in [0, 0.05) is 6.61 Å². The van der Waals surface area contributed by atoms with Crippen molar-refractivity contribution in [2.45, 2.75) is 77.4 Å². The number of rotatable bonds is 3. The van der Waals surface area contributed by atoms with Crippen molar-refractivity contribution in [3.63, 3.8) is 0 Å². The third-order valence-electron chi connectivity index (χ3n) is 4.93. The summed E-state index contributed by atoms with van der Waals surface area (Å²) < 4.78 is 5.65. The van der Waals surface area contributed by atoms with Crippen molar-refractivity contribution in [2.75, 3.05) is 6.61 Å². The Morgan fingerprint density at radius 2 is 2.06 bits per heavy atom. The fourth-order valence-electron chi connectivity index (χ4n) is 3.58. The first-order valence-electron chi connectivity index (χ1n) is 7.25.